The van der Waals surface area contributed by atoms with E-state index in [2.05, 4.69) is 25.7 Å². The second-order valence-electron chi connectivity index (χ2n) is 9.65. The van der Waals surface area contributed by atoms with Gasteiger partial charge in [-0.3, -0.25) is 9.69 Å². The number of ether oxygens (including phenoxy) is 1. The Bertz CT molecular complexity index is 1340. The first-order chi connectivity index (χ1) is 18.3. The highest BCUT2D eigenvalue weighted by molar-refractivity contribution is 7.89. The Balaban J connectivity index is 1.63. The number of fused-ring (bicyclic) bond motifs is 1. The molecule has 0 N–H and O–H groups in total. The van der Waals surface area contributed by atoms with Crippen molar-refractivity contribution in [3.63, 3.8) is 0 Å². The van der Waals surface area contributed by atoms with Crippen LogP contribution in [0.3, 0.4) is 0 Å². The summed E-state index contributed by atoms with van der Waals surface area (Å²) in [5.74, 6) is 0.839. The van der Waals surface area contributed by atoms with Crippen LogP contribution in [0.1, 0.15) is 50.9 Å². The fraction of sp³-hybridized carbons (Fsp3) is 0.500. The van der Waals surface area contributed by atoms with E-state index >= 15 is 0 Å². The standard InChI is InChI=1S/C28H38N4O4S2/c1-5-30(6-2)18-19-32(28-29-26-24(36-7-3)11-8-12-25(26)37-28)27(33)22-13-15-23(16-14-22)38(34,35)31-17-9-10-21(4)20-31/h8,11-16,21H,5-7,9-10,17-20H2,1-4H3. The molecule has 10 heteroatoms. The lowest BCUT2D eigenvalue weighted by Crippen LogP contribution is -2.39. The number of thiazole rings is 1. The third-order valence-electron chi connectivity index (χ3n) is 7.04. The lowest BCUT2D eigenvalue weighted by atomic mass is 10.0. The molecule has 1 saturated heterocycles. The van der Waals surface area contributed by atoms with E-state index in [4.69, 9.17) is 9.72 Å². The molecular formula is C28H38N4O4S2. The van der Waals surface area contributed by atoms with Gasteiger partial charge in [-0.1, -0.05) is 38.2 Å². The highest BCUT2D eigenvalue weighted by Crippen LogP contribution is 2.35. The third-order valence-corrected chi connectivity index (χ3v) is 9.96. The molecule has 1 aromatic heterocycles. The van der Waals surface area contributed by atoms with Gasteiger partial charge in [-0.25, -0.2) is 13.4 Å². The summed E-state index contributed by atoms with van der Waals surface area (Å²) in [5, 5.41) is 0.600. The summed E-state index contributed by atoms with van der Waals surface area (Å²) in [5.41, 5.74) is 1.17. The van der Waals surface area contributed by atoms with Crippen molar-refractivity contribution in [1.82, 2.24) is 14.2 Å². The molecule has 2 aromatic carbocycles. The van der Waals surface area contributed by atoms with Crippen molar-refractivity contribution in [2.45, 2.75) is 45.4 Å². The van der Waals surface area contributed by atoms with Crippen LogP contribution in [0.2, 0.25) is 0 Å². The summed E-state index contributed by atoms with van der Waals surface area (Å²) in [6.07, 6.45) is 1.91. The molecule has 0 radical (unpaired) electrons. The van der Waals surface area contributed by atoms with Crippen LogP contribution in [-0.2, 0) is 10.0 Å². The number of piperidine rings is 1. The fourth-order valence-electron chi connectivity index (χ4n) is 4.80. The van der Waals surface area contributed by atoms with E-state index in [1.165, 1.54) is 11.3 Å². The van der Waals surface area contributed by atoms with Gasteiger partial charge < -0.3 is 9.64 Å². The molecule has 38 heavy (non-hydrogen) atoms. The maximum Gasteiger partial charge on any atom is 0.260 e. The predicted molar refractivity (Wildman–Crippen MR) is 154 cm³/mol. The smallest absolute Gasteiger partial charge is 0.260 e. The van der Waals surface area contributed by atoms with E-state index in [0.29, 0.717) is 55.1 Å². The topological polar surface area (TPSA) is 83.0 Å². The number of sulfonamides is 1. The van der Waals surface area contributed by atoms with Crippen molar-refractivity contribution in [3.05, 3.63) is 48.0 Å². The van der Waals surface area contributed by atoms with E-state index in [1.807, 2.05) is 25.1 Å². The molecule has 1 atom stereocenters. The molecule has 1 aliphatic rings. The lowest BCUT2D eigenvalue weighted by molar-refractivity contribution is 0.0983. The van der Waals surface area contributed by atoms with Crippen LogP contribution in [-0.4, -0.2) is 74.4 Å². The normalized spacial score (nSPS) is 16.7. The minimum atomic E-state index is -3.59. The molecule has 0 spiro atoms. The van der Waals surface area contributed by atoms with Crippen molar-refractivity contribution in [1.29, 1.82) is 0 Å². The average Bonchev–Trinajstić information content (AvgIpc) is 3.36. The summed E-state index contributed by atoms with van der Waals surface area (Å²) in [6, 6.07) is 12.1. The minimum absolute atomic E-state index is 0.204. The van der Waals surface area contributed by atoms with Crippen LogP contribution in [0.15, 0.2) is 47.4 Å². The summed E-state index contributed by atoms with van der Waals surface area (Å²) in [7, 11) is -3.59. The van der Waals surface area contributed by atoms with Crippen molar-refractivity contribution >= 4 is 42.6 Å². The fourth-order valence-corrected chi connectivity index (χ4v) is 7.41. The number of amides is 1. The van der Waals surface area contributed by atoms with E-state index in [1.54, 1.807) is 33.5 Å². The highest BCUT2D eigenvalue weighted by Gasteiger charge is 2.29. The Kier molecular flexibility index (Phi) is 9.40. The lowest BCUT2D eigenvalue weighted by Gasteiger charge is -2.30. The molecular weight excluding hydrogens is 520 g/mol. The van der Waals surface area contributed by atoms with Crippen LogP contribution in [0.5, 0.6) is 5.75 Å². The van der Waals surface area contributed by atoms with E-state index in [9.17, 15) is 13.2 Å². The molecule has 8 nitrogen and oxygen atoms in total. The number of para-hydroxylation sites is 1. The largest absolute Gasteiger partial charge is 0.492 e. The van der Waals surface area contributed by atoms with E-state index in [0.717, 1.165) is 36.1 Å². The van der Waals surface area contributed by atoms with Gasteiger partial charge in [-0.2, -0.15) is 4.31 Å². The summed E-state index contributed by atoms with van der Waals surface area (Å²) < 4.78 is 34.7. The number of hydrogen-bond acceptors (Lipinski definition) is 7. The number of benzene rings is 2. The summed E-state index contributed by atoms with van der Waals surface area (Å²) >= 11 is 1.45. The first-order valence-electron chi connectivity index (χ1n) is 13.4. The van der Waals surface area contributed by atoms with Gasteiger partial charge in [0.1, 0.15) is 11.3 Å². The van der Waals surface area contributed by atoms with Gasteiger partial charge in [-0.05, 0) is 75.2 Å². The number of hydrogen-bond donors (Lipinski definition) is 0. The maximum absolute atomic E-state index is 13.8. The van der Waals surface area contributed by atoms with Crippen LogP contribution in [0.25, 0.3) is 10.2 Å². The second-order valence-corrected chi connectivity index (χ2v) is 12.6. The Morgan fingerprint density at radius 1 is 1.11 bits per heavy atom. The molecule has 1 unspecified atom stereocenters. The Morgan fingerprint density at radius 2 is 1.84 bits per heavy atom. The summed E-state index contributed by atoms with van der Waals surface area (Å²) in [6.45, 7) is 12.7. The molecule has 1 aliphatic heterocycles. The van der Waals surface area contributed by atoms with Crippen LogP contribution < -0.4 is 9.64 Å². The van der Waals surface area contributed by atoms with Gasteiger partial charge >= 0.3 is 0 Å². The first kappa shape index (κ1) is 28.5. The van der Waals surface area contributed by atoms with Crippen molar-refractivity contribution in [2.75, 3.05) is 50.8 Å². The number of nitrogens with zero attached hydrogens (tertiary/aromatic N) is 4. The minimum Gasteiger partial charge on any atom is -0.492 e. The van der Waals surface area contributed by atoms with Gasteiger partial charge in [0.25, 0.3) is 5.91 Å². The van der Waals surface area contributed by atoms with Gasteiger partial charge in [0.15, 0.2) is 5.13 Å². The molecule has 1 fully saturated rings. The Hall–Kier alpha value is -2.53. The van der Waals surface area contributed by atoms with Crippen molar-refractivity contribution < 1.29 is 17.9 Å². The Morgan fingerprint density at radius 3 is 2.50 bits per heavy atom. The molecule has 206 valence electrons. The Labute approximate surface area is 230 Å². The quantitative estimate of drug-likeness (QED) is 0.326. The molecule has 0 aliphatic carbocycles. The zero-order chi connectivity index (χ0) is 27.3. The predicted octanol–water partition coefficient (Wildman–Crippen LogP) is 5.10. The van der Waals surface area contributed by atoms with Gasteiger partial charge in [0.2, 0.25) is 10.0 Å². The van der Waals surface area contributed by atoms with Gasteiger partial charge in [-0.15, -0.1) is 0 Å². The number of rotatable bonds is 11. The third kappa shape index (κ3) is 6.20. The number of aromatic nitrogens is 1. The monoisotopic (exact) mass is 558 g/mol. The van der Waals surface area contributed by atoms with Crippen LogP contribution in [0.4, 0.5) is 5.13 Å². The SMILES string of the molecule is CCOc1cccc2sc(N(CCN(CC)CC)C(=O)c3ccc(S(=O)(=O)N4CCCC(C)C4)cc3)nc12. The van der Waals surface area contributed by atoms with Gasteiger partial charge in [0, 0.05) is 31.7 Å². The first-order valence-corrected chi connectivity index (χ1v) is 15.7. The van der Waals surface area contributed by atoms with E-state index < -0.39 is 10.0 Å². The molecule has 1 amide bonds. The summed E-state index contributed by atoms with van der Waals surface area (Å²) in [4.78, 5) is 22.8. The van der Waals surface area contributed by atoms with Crippen molar-refractivity contribution in [2.24, 2.45) is 5.92 Å². The molecule has 0 saturated carbocycles. The van der Waals surface area contributed by atoms with Crippen LogP contribution in [0, 0.1) is 5.92 Å². The van der Waals surface area contributed by atoms with Gasteiger partial charge in [0.05, 0.1) is 16.2 Å². The zero-order valence-electron chi connectivity index (χ0n) is 22.7. The van der Waals surface area contributed by atoms with Crippen molar-refractivity contribution in [3.8, 4) is 5.75 Å². The number of carbonyl (C=O) groups excluding carboxylic acids is 1. The number of anilines is 1. The van der Waals surface area contributed by atoms with Crippen LogP contribution >= 0.6 is 11.3 Å². The number of likely N-dealkylation sites (N-methyl/N-ethyl adjacent to an activating group) is 1. The zero-order valence-corrected chi connectivity index (χ0v) is 24.4. The number of carbonyl (C=O) groups is 1. The maximum atomic E-state index is 13.8. The second kappa shape index (κ2) is 12.5. The van der Waals surface area contributed by atoms with E-state index in [-0.39, 0.29) is 10.8 Å². The highest BCUT2D eigenvalue weighted by atomic mass is 32.2. The molecule has 3 aromatic rings. The molecule has 2 heterocycles. The molecule has 4 rings (SSSR count). The average molecular weight is 559 g/mol. The molecule has 0 bridgehead atoms.